The van der Waals surface area contributed by atoms with Crippen molar-refractivity contribution in [1.82, 2.24) is 5.32 Å². The van der Waals surface area contributed by atoms with Crippen LogP contribution in [0.25, 0.3) is 0 Å². The summed E-state index contributed by atoms with van der Waals surface area (Å²) in [5, 5.41) is 12.4. The van der Waals surface area contributed by atoms with Crippen LogP contribution >= 0.6 is 0 Å². The van der Waals surface area contributed by atoms with Crippen LogP contribution in [0.4, 0.5) is 0 Å². The molecule has 0 spiro atoms. The second-order valence-electron chi connectivity index (χ2n) is 2.94. The zero-order valence-electron chi connectivity index (χ0n) is 7.92. The first-order valence-electron chi connectivity index (χ1n) is 4.22. The van der Waals surface area contributed by atoms with Crippen molar-refractivity contribution in [1.29, 1.82) is 0 Å². The number of methoxy groups -OCH3 is 1. The van der Waals surface area contributed by atoms with E-state index < -0.39 is 6.10 Å². The SMILES string of the molecule is C=CCC(C)NCC(O)COC. The molecule has 3 nitrogen and oxygen atoms in total. The number of aliphatic hydroxyl groups excluding tert-OH is 1. The Morgan fingerprint density at radius 3 is 2.83 bits per heavy atom. The third kappa shape index (κ3) is 6.34. The number of hydrogen-bond donors (Lipinski definition) is 2. The van der Waals surface area contributed by atoms with Gasteiger partial charge in [0.25, 0.3) is 0 Å². The lowest BCUT2D eigenvalue weighted by molar-refractivity contribution is 0.0631. The van der Waals surface area contributed by atoms with Crippen molar-refractivity contribution < 1.29 is 9.84 Å². The van der Waals surface area contributed by atoms with Gasteiger partial charge in [-0.15, -0.1) is 6.58 Å². The summed E-state index contributed by atoms with van der Waals surface area (Å²) < 4.78 is 4.79. The molecule has 0 rings (SSSR count). The fourth-order valence-electron chi connectivity index (χ4n) is 0.922. The van der Waals surface area contributed by atoms with Crippen molar-refractivity contribution >= 4 is 0 Å². The molecule has 0 saturated carbocycles. The van der Waals surface area contributed by atoms with E-state index in [1.54, 1.807) is 7.11 Å². The van der Waals surface area contributed by atoms with Crippen molar-refractivity contribution in [2.24, 2.45) is 0 Å². The molecule has 0 aromatic heterocycles. The van der Waals surface area contributed by atoms with Gasteiger partial charge in [0.1, 0.15) is 0 Å². The first kappa shape index (κ1) is 11.6. The molecule has 0 bridgehead atoms. The van der Waals surface area contributed by atoms with Crippen LogP contribution in [0.1, 0.15) is 13.3 Å². The van der Waals surface area contributed by atoms with Crippen LogP contribution in [0.2, 0.25) is 0 Å². The molecule has 2 N–H and O–H groups in total. The first-order chi connectivity index (χ1) is 5.70. The predicted molar refractivity (Wildman–Crippen MR) is 50.2 cm³/mol. The highest BCUT2D eigenvalue weighted by atomic mass is 16.5. The Kier molecular flexibility index (Phi) is 7.05. The van der Waals surface area contributed by atoms with Crippen LogP contribution in [-0.4, -0.2) is 37.5 Å². The van der Waals surface area contributed by atoms with Gasteiger partial charge in [0, 0.05) is 19.7 Å². The van der Waals surface area contributed by atoms with E-state index >= 15 is 0 Å². The molecule has 0 amide bonds. The summed E-state index contributed by atoms with van der Waals surface area (Å²) in [6.45, 7) is 6.65. The molecule has 0 heterocycles. The summed E-state index contributed by atoms with van der Waals surface area (Å²) in [7, 11) is 1.58. The van der Waals surface area contributed by atoms with Crippen LogP contribution in [0.15, 0.2) is 12.7 Å². The van der Waals surface area contributed by atoms with Gasteiger partial charge in [0.2, 0.25) is 0 Å². The van der Waals surface area contributed by atoms with Gasteiger partial charge in [-0.25, -0.2) is 0 Å². The number of hydrogen-bond acceptors (Lipinski definition) is 3. The normalized spacial score (nSPS) is 15.6. The second-order valence-corrected chi connectivity index (χ2v) is 2.94. The van der Waals surface area contributed by atoms with E-state index in [4.69, 9.17) is 4.74 Å². The van der Waals surface area contributed by atoms with E-state index in [0.29, 0.717) is 19.2 Å². The van der Waals surface area contributed by atoms with E-state index in [1.807, 2.05) is 6.08 Å². The molecule has 2 atom stereocenters. The quantitative estimate of drug-likeness (QED) is 0.552. The van der Waals surface area contributed by atoms with Gasteiger partial charge in [0.05, 0.1) is 12.7 Å². The predicted octanol–water partition coefficient (Wildman–Crippen LogP) is 0.548. The third-order valence-electron chi connectivity index (χ3n) is 1.58. The Hall–Kier alpha value is -0.380. The number of nitrogens with one attached hydrogen (secondary N) is 1. The Bertz CT molecular complexity index is 117. The highest BCUT2D eigenvalue weighted by Gasteiger charge is 2.04. The molecule has 2 unspecified atom stereocenters. The summed E-state index contributed by atoms with van der Waals surface area (Å²) in [6.07, 6.45) is 2.36. The fraction of sp³-hybridized carbons (Fsp3) is 0.778. The summed E-state index contributed by atoms with van der Waals surface area (Å²) in [5.74, 6) is 0. The minimum absolute atomic E-state index is 0.369. The Labute approximate surface area is 74.4 Å². The molecular weight excluding hydrogens is 154 g/mol. The Balaban J connectivity index is 3.32. The molecule has 3 heteroatoms. The van der Waals surface area contributed by atoms with Crippen LogP contribution in [-0.2, 0) is 4.74 Å². The van der Waals surface area contributed by atoms with Gasteiger partial charge in [-0.05, 0) is 13.3 Å². The minimum atomic E-state index is -0.415. The van der Waals surface area contributed by atoms with E-state index in [1.165, 1.54) is 0 Å². The molecule has 0 aromatic rings. The topological polar surface area (TPSA) is 41.5 Å². The minimum Gasteiger partial charge on any atom is -0.389 e. The zero-order valence-corrected chi connectivity index (χ0v) is 7.92. The zero-order chi connectivity index (χ0) is 9.40. The van der Waals surface area contributed by atoms with E-state index in [-0.39, 0.29) is 0 Å². The molecule has 0 aliphatic carbocycles. The lowest BCUT2D eigenvalue weighted by Gasteiger charge is -2.14. The molecule has 12 heavy (non-hydrogen) atoms. The van der Waals surface area contributed by atoms with Crippen LogP contribution in [0.5, 0.6) is 0 Å². The van der Waals surface area contributed by atoms with Crippen molar-refractivity contribution in [3.63, 3.8) is 0 Å². The van der Waals surface area contributed by atoms with Gasteiger partial charge in [0.15, 0.2) is 0 Å². The van der Waals surface area contributed by atoms with Crippen molar-refractivity contribution in [2.45, 2.75) is 25.5 Å². The van der Waals surface area contributed by atoms with Crippen LogP contribution in [0, 0.1) is 0 Å². The maximum absolute atomic E-state index is 9.25. The Morgan fingerprint density at radius 2 is 2.33 bits per heavy atom. The third-order valence-corrected chi connectivity index (χ3v) is 1.58. The van der Waals surface area contributed by atoms with Gasteiger partial charge in [-0.3, -0.25) is 0 Å². The molecule has 0 aliphatic heterocycles. The number of ether oxygens (including phenoxy) is 1. The lowest BCUT2D eigenvalue weighted by atomic mass is 10.2. The smallest absolute Gasteiger partial charge is 0.0897 e. The highest BCUT2D eigenvalue weighted by molar-refractivity contribution is 4.75. The summed E-state index contributed by atoms with van der Waals surface area (Å²) in [5.41, 5.74) is 0. The average Bonchev–Trinajstić information content (AvgIpc) is 2.02. The van der Waals surface area contributed by atoms with Crippen molar-refractivity contribution in [3.8, 4) is 0 Å². The van der Waals surface area contributed by atoms with Crippen molar-refractivity contribution in [3.05, 3.63) is 12.7 Å². The van der Waals surface area contributed by atoms with E-state index in [9.17, 15) is 5.11 Å². The largest absolute Gasteiger partial charge is 0.389 e. The number of aliphatic hydroxyl groups is 1. The molecule has 72 valence electrons. The molecule has 0 aromatic carbocycles. The number of rotatable bonds is 7. The standard InChI is InChI=1S/C9H19NO2/c1-4-5-8(2)10-6-9(11)7-12-3/h4,8-11H,1,5-7H2,2-3H3. The van der Waals surface area contributed by atoms with Gasteiger partial charge in [-0.2, -0.15) is 0 Å². The van der Waals surface area contributed by atoms with Crippen LogP contribution < -0.4 is 5.32 Å². The van der Waals surface area contributed by atoms with Gasteiger partial charge < -0.3 is 15.2 Å². The maximum Gasteiger partial charge on any atom is 0.0897 e. The van der Waals surface area contributed by atoms with E-state index in [2.05, 4.69) is 18.8 Å². The summed E-state index contributed by atoms with van der Waals surface area (Å²) in [6, 6.07) is 0.369. The molecule has 0 aliphatic rings. The average molecular weight is 173 g/mol. The molecule has 0 fully saturated rings. The second kappa shape index (κ2) is 7.28. The summed E-state index contributed by atoms with van der Waals surface area (Å²) in [4.78, 5) is 0. The highest BCUT2D eigenvalue weighted by Crippen LogP contribution is 1.91. The van der Waals surface area contributed by atoms with Crippen LogP contribution in [0.3, 0.4) is 0 Å². The fourth-order valence-corrected chi connectivity index (χ4v) is 0.922. The van der Waals surface area contributed by atoms with Gasteiger partial charge in [-0.1, -0.05) is 6.08 Å². The summed E-state index contributed by atoms with van der Waals surface area (Å²) >= 11 is 0. The lowest BCUT2D eigenvalue weighted by Crippen LogP contribution is -2.35. The monoisotopic (exact) mass is 173 g/mol. The van der Waals surface area contributed by atoms with E-state index in [0.717, 1.165) is 6.42 Å². The van der Waals surface area contributed by atoms with Gasteiger partial charge >= 0.3 is 0 Å². The maximum atomic E-state index is 9.25. The molecular formula is C9H19NO2. The molecule has 0 saturated heterocycles. The van der Waals surface area contributed by atoms with Crippen molar-refractivity contribution in [2.75, 3.05) is 20.3 Å². The molecule has 0 radical (unpaired) electrons. The Morgan fingerprint density at radius 1 is 1.67 bits per heavy atom. The first-order valence-corrected chi connectivity index (χ1v) is 4.22.